The Morgan fingerprint density at radius 1 is 1.39 bits per heavy atom. The second-order valence-corrected chi connectivity index (χ2v) is 5.01. The fraction of sp³-hybridized carbons (Fsp3) is 0.909. The lowest BCUT2D eigenvalue weighted by molar-refractivity contribution is -0.178. The predicted octanol–water partition coefficient (Wildman–Crippen LogP) is 3.97. The average molecular weight is 291 g/mol. The molecule has 0 amide bonds. The molecule has 1 fully saturated rings. The normalized spacial score (nSPS) is 25.3. The fourth-order valence-electron chi connectivity index (χ4n) is 1.94. The van der Waals surface area contributed by atoms with Crippen LogP contribution in [-0.2, 0) is 9.53 Å². The minimum absolute atomic E-state index is 0.0569. The number of hydrogen-bond donors (Lipinski definition) is 0. The first kappa shape index (κ1) is 15.5. The van der Waals surface area contributed by atoms with Crippen molar-refractivity contribution in [3.05, 3.63) is 0 Å². The molecule has 0 aromatic rings. The van der Waals surface area contributed by atoms with E-state index >= 15 is 0 Å². The van der Waals surface area contributed by atoms with Gasteiger partial charge in [0, 0.05) is 0 Å². The van der Waals surface area contributed by atoms with Crippen molar-refractivity contribution in [2.75, 3.05) is 0 Å². The molecule has 0 radical (unpaired) electrons. The molecule has 0 spiro atoms. The maximum atomic E-state index is 13.0. The molecule has 1 rings (SSSR count). The summed E-state index contributed by atoms with van der Waals surface area (Å²) in [5, 5.41) is -4.62. The van der Waals surface area contributed by atoms with E-state index in [1.54, 1.807) is 0 Å². The van der Waals surface area contributed by atoms with Crippen molar-refractivity contribution in [3.8, 4) is 0 Å². The highest BCUT2D eigenvalue weighted by molar-refractivity contribution is 6.22. The van der Waals surface area contributed by atoms with Crippen LogP contribution in [0, 0.1) is 5.92 Å². The molecular weight excluding hydrogens is 276 g/mol. The van der Waals surface area contributed by atoms with Crippen LogP contribution in [-0.4, -0.2) is 23.4 Å². The number of ether oxygens (including phenoxy) is 1. The minimum atomic E-state index is -4.62. The van der Waals surface area contributed by atoms with Gasteiger partial charge in [0.25, 0.3) is 0 Å². The number of unbranched alkanes of at least 4 members (excludes halogenated alkanes) is 1. The first-order valence-electron chi connectivity index (χ1n) is 5.82. The van der Waals surface area contributed by atoms with E-state index in [0.717, 1.165) is 12.8 Å². The molecule has 0 bridgehead atoms. The van der Waals surface area contributed by atoms with Gasteiger partial charge in [-0.15, -0.1) is 0 Å². The van der Waals surface area contributed by atoms with Gasteiger partial charge in [-0.05, 0) is 24.4 Å². The second kappa shape index (κ2) is 5.63. The SMILES string of the molecule is CCCCC1CC(CC(F)(F)C(F)(F)Cl)OC1=O. The lowest BCUT2D eigenvalue weighted by Gasteiger charge is -2.23. The van der Waals surface area contributed by atoms with Crippen LogP contribution < -0.4 is 0 Å². The predicted molar refractivity (Wildman–Crippen MR) is 57.9 cm³/mol. The Morgan fingerprint density at radius 3 is 2.50 bits per heavy atom. The number of hydrogen-bond acceptors (Lipinski definition) is 2. The Bertz CT molecular complexity index is 304. The zero-order valence-corrected chi connectivity index (χ0v) is 10.7. The van der Waals surface area contributed by atoms with Gasteiger partial charge in [0.15, 0.2) is 0 Å². The lowest BCUT2D eigenvalue weighted by Crippen LogP contribution is -2.38. The van der Waals surface area contributed by atoms with Crippen LogP contribution in [0.25, 0.3) is 0 Å². The van der Waals surface area contributed by atoms with Crippen LogP contribution in [0.15, 0.2) is 0 Å². The Hall–Kier alpha value is -0.520. The van der Waals surface area contributed by atoms with Gasteiger partial charge in [-0.3, -0.25) is 4.79 Å². The maximum Gasteiger partial charge on any atom is 0.384 e. The summed E-state index contributed by atoms with van der Waals surface area (Å²) in [6, 6.07) is 0. The van der Waals surface area contributed by atoms with E-state index < -0.39 is 35.7 Å². The monoisotopic (exact) mass is 290 g/mol. The van der Waals surface area contributed by atoms with E-state index in [1.165, 1.54) is 0 Å². The maximum absolute atomic E-state index is 13.0. The highest BCUT2D eigenvalue weighted by atomic mass is 35.5. The largest absolute Gasteiger partial charge is 0.462 e. The third-order valence-electron chi connectivity index (χ3n) is 2.97. The fourth-order valence-corrected chi connectivity index (χ4v) is 2.01. The van der Waals surface area contributed by atoms with Gasteiger partial charge in [0.05, 0.1) is 12.3 Å². The number of halogens is 5. The molecule has 1 heterocycles. The van der Waals surface area contributed by atoms with Gasteiger partial charge in [-0.25, -0.2) is 0 Å². The Labute approximate surface area is 108 Å². The number of alkyl halides is 5. The number of carbonyl (C=O) groups excluding carboxylic acids is 1. The molecule has 0 aromatic heterocycles. The van der Waals surface area contributed by atoms with Crippen molar-refractivity contribution in [1.29, 1.82) is 0 Å². The zero-order chi connectivity index (χ0) is 14.0. The van der Waals surface area contributed by atoms with Crippen molar-refractivity contribution in [2.24, 2.45) is 5.92 Å². The molecule has 2 atom stereocenters. The molecule has 1 aliphatic heterocycles. The molecule has 0 N–H and O–H groups in total. The van der Waals surface area contributed by atoms with Crippen LogP contribution in [0.3, 0.4) is 0 Å². The van der Waals surface area contributed by atoms with E-state index in [0.29, 0.717) is 6.42 Å². The zero-order valence-electron chi connectivity index (χ0n) is 9.90. The molecule has 1 saturated heterocycles. The molecule has 1 aliphatic rings. The standard InChI is InChI=1S/C11H15ClF4O2/c1-2-3-4-7-5-8(18-9(7)17)6-10(13,14)11(12,15)16/h7-8H,2-6H2,1H3. The van der Waals surface area contributed by atoms with E-state index in [2.05, 4.69) is 11.6 Å². The summed E-state index contributed by atoms with van der Waals surface area (Å²) in [6.07, 6.45) is -0.189. The van der Waals surface area contributed by atoms with Crippen LogP contribution >= 0.6 is 11.6 Å². The van der Waals surface area contributed by atoms with Crippen LogP contribution in [0.4, 0.5) is 17.6 Å². The quantitative estimate of drug-likeness (QED) is 0.420. The van der Waals surface area contributed by atoms with Crippen LogP contribution in [0.1, 0.15) is 39.0 Å². The smallest absolute Gasteiger partial charge is 0.384 e. The van der Waals surface area contributed by atoms with Crippen molar-refractivity contribution in [3.63, 3.8) is 0 Å². The summed E-state index contributed by atoms with van der Waals surface area (Å²) in [4.78, 5) is 11.3. The van der Waals surface area contributed by atoms with E-state index in [-0.39, 0.29) is 6.42 Å². The Balaban J connectivity index is 2.54. The summed E-state index contributed by atoms with van der Waals surface area (Å²) in [5.41, 5.74) is 0. The topological polar surface area (TPSA) is 26.3 Å². The average Bonchev–Trinajstić information content (AvgIpc) is 2.53. The molecule has 0 aromatic carbocycles. The van der Waals surface area contributed by atoms with Gasteiger partial charge < -0.3 is 4.74 Å². The van der Waals surface area contributed by atoms with Crippen molar-refractivity contribution in [2.45, 2.75) is 56.4 Å². The number of esters is 1. The highest BCUT2D eigenvalue weighted by Crippen LogP contribution is 2.43. The van der Waals surface area contributed by atoms with Crippen molar-refractivity contribution in [1.82, 2.24) is 0 Å². The third-order valence-corrected chi connectivity index (χ3v) is 3.24. The third kappa shape index (κ3) is 3.73. The summed E-state index contributed by atoms with van der Waals surface area (Å²) >= 11 is 4.34. The first-order chi connectivity index (χ1) is 8.17. The molecule has 106 valence electrons. The van der Waals surface area contributed by atoms with Gasteiger partial charge in [-0.1, -0.05) is 19.8 Å². The highest BCUT2D eigenvalue weighted by Gasteiger charge is 2.57. The molecule has 0 aliphatic carbocycles. The van der Waals surface area contributed by atoms with Crippen molar-refractivity contribution < 1.29 is 27.1 Å². The number of cyclic esters (lactones) is 1. The van der Waals surface area contributed by atoms with E-state index in [9.17, 15) is 22.4 Å². The molecule has 2 nitrogen and oxygen atoms in total. The van der Waals surface area contributed by atoms with Crippen LogP contribution in [0.5, 0.6) is 0 Å². The molecule has 2 unspecified atom stereocenters. The van der Waals surface area contributed by atoms with E-state index in [4.69, 9.17) is 4.74 Å². The van der Waals surface area contributed by atoms with E-state index in [1.807, 2.05) is 6.92 Å². The van der Waals surface area contributed by atoms with Gasteiger partial charge >= 0.3 is 17.3 Å². The Kier molecular flexibility index (Phi) is 4.86. The lowest BCUT2D eigenvalue weighted by atomic mass is 9.96. The van der Waals surface area contributed by atoms with Crippen molar-refractivity contribution >= 4 is 17.6 Å². The van der Waals surface area contributed by atoms with Gasteiger partial charge in [0.1, 0.15) is 6.10 Å². The molecule has 18 heavy (non-hydrogen) atoms. The molecule has 0 saturated carbocycles. The minimum Gasteiger partial charge on any atom is -0.462 e. The molecule has 7 heteroatoms. The van der Waals surface area contributed by atoms with Crippen LogP contribution in [0.2, 0.25) is 0 Å². The number of rotatable bonds is 6. The Morgan fingerprint density at radius 2 is 2.00 bits per heavy atom. The first-order valence-corrected chi connectivity index (χ1v) is 6.20. The second-order valence-electron chi connectivity index (χ2n) is 4.54. The van der Waals surface area contributed by atoms with Gasteiger partial charge in [0.2, 0.25) is 0 Å². The number of carbonyl (C=O) groups is 1. The molecular formula is C11H15ClF4O2. The summed E-state index contributed by atoms with van der Waals surface area (Å²) in [6.45, 7) is 1.93. The van der Waals surface area contributed by atoms with Gasteiger partial charge in [-0.2, -0.15) is 17.6 Å². The summed E-state index contributed by atoms with van der Waals surface area (Å²) in [5.74, 6) is -5.42. The summed E-state index contributed by atoms with van der Waals surface area (Å²) < 4.78 is 55.6. The summed E-state index contributed by atoms with van der Waals surface area (Å²) in [7, 11) is 0.